The molecule has 1 aromatic carbocycles. The summed E-state index contributed by atoms with van der Waals surface area (Å²) in [7, 11) is 0. The quantitative estimate of drug-likeness (QED) is 0.773. The van der Waals surface area contributed by atoms with Crippen LogP contribution in [0.15, 0.2) is 16.6 Å². The number of nitriles is 1. The van der Waals surface area contributed by atoms with E-state index in [9.17, 15) is 0 Å². The first-order valence-corrected chi connectivity index (χ1v) is 5.07. The van der Waals surface area contributed by atoms with Crippen LogP contribution in [0.3, 0.4) is 0 Å². The van der Waals surface area contributed by atoms with Crippen LogP contribution in [-0.4, -0.2) is 0 Å². The second-order valence-corrected chi connectivity index (χ2v) is 3.94. The standard InChI is InChI=1S/C11H12BrN/c1-8-5-6-9(2)11(12)10(8)4-3-7-13/h5-6H,3-4H2,1-2H3. The molecule has 1 nitrogen and oxygen atoms in total. The summed E-state index contributed by atoms with van der Waals surface area (Å²) in [5, 5.41) is 8.51. The van der Waals surface area contributed by atoms with Crippen molar-refractivity contribution in [1.29, 1.82) is 5.26 Å². The number of nitrogens with zero attached hydrogens (tertiary/aromatic N) is 1. The molecule has 0 amide bonds. The van der Waals surface area contributed by atoms with Crippen molar-refractivity contribution in [2.24, 2.45) is 0 Å². The monoisotopic (exact) mass is 237 g/mol. The molecular weight excluding hydrogens is 226 g/mol. The Bertz CT molecular complexity index is 350. The smallest absolute Gasteiger partial charge is 0.0625 e. The molecule has 0 aromatic heterocycles. The molecule has 0 bridgehead atoms. The third-order valence-electron chi connectivity index (χ3n) is 2.16. The number of rotatable bonds is 2. The van der Waals surface area contributed by atoms with Crippen molar-refractivity contribution in [3.8, 4) is 6.07 Å². The predicted molar refractivity (Wildman–Crippen MR) is 57.6 cm³/mol. The first-order chi connectivity index (χ1) is 6.16. The number of halogens is 1. The molecule has 0 aliphatic rings. The number of aryl methyl sites for hydroxylation is 2. The molecule has 68 valence electrons. The summed E-state index contributed by atoms with van der Waals surface area (Å²) in [6.45, 7) is 4.15. The van der Waals surface area contributed by atoms with Gasteiger partial charge in [0.05, 0.1) is 6.07 Å². The summed E-state index contributed by atoms with van der Waals surface area (Å²) in [4.78, 5) is 0. The Kier molecular flexibility index (Phi) is 3.50. The molecule has 13 heavy (non-hydrogen) atoms. The maximum atomic E-state index is 8.51. The van der Waals surface area contributed by atoms with Gasteiger partial charge in [-0.3, -0.25) is 0 Å². The molecule has 0 saturated carbocycles. The van der Waals surface area contributed by atoms with Crippen LogP contribution in [-0.2, 0) is 6.42 Å². The molecule has 0 N–H and O–H groups in total. The number of hydrogen-bond acceptors (Lipinski definition) is 1. The molecular formula is C11H12BrN. The second kappa shape index (κ2) is 4.43. The highest BCUT2D eigenvalue weighted by Gasteiger charge is 2.05. The van der Waals surface area contributed by atoms with E-state index in [2.05, 4.69) is 48.0 Å². The van der Waals surface area contributed by atoms with Crippen molar-refractivity contribution in [2.45, 2.75) is 26.7 Å². The molecule has 0 radical (unpaired) electrons. The van der Waals surface area contributed by atoms with Gasteiger partial charge in [-0.15, -0.1) is 0 Å². The van der Waals surface area contributed by atoms with E-state index < -0.39 is 0 Å². The van der Waals surface area contributed by atoms with Gasteiger partial charge in [0.1, 0.15) is 0 Å². The zero-order valence-corrected chi connectivity index (χ0v) is 9.48. The minimum absolute atomic E-state index is 0.586. The lowest BCUT2D eigenvalue weighted by atomic mass is 10.0. The molecule has 1 rings (SSSR count). The highest BCUT2D eigenvalue weighted by atomic mass is 79.9. The summed E-state index contributed by atoms with van der Waals surface area (Å²) >= 11 is 3.55. The summed E-state index contributed by atoms with van der Waals surface area (Å²) in [6, 6.07) is 6.37. The lowest BCUT2D eigenvalue weighted by Gasteiger charge is -2.08. The molecule has 0 unspecified atom stereocenters. The van der Waals surface area contributed by atoms with E-state index in [4.69, 9.17) is 5.26 Å². The fourth-order valence-electron chi connectivity index (χ4n) is 1.32. The van der Waals surface area contributed by atoms with Crippen LogP contribution in [0.25, 0.3) is 0 Å². The zero-order valence-electron chi connectivity index (χ0n) is 7.89. The van der Waals surface area contributed by atoms with Crippen LogP contribution in [0.4, 0.5) is 0 Å². The highest BCUT2D eigenvalue weighted by molar-refractivity contribution is 9.10. The fraction of sp³-hybridized carbons (Fsp3) is 0.364. The van der Waals surface area contributed by atoms with Crippen molar-refractivity contribution in [2.75, 3.05) is 0 Å². The maximum absolute atomic E-state index is 8.51. The SMILES string of the molecule is Cc1ccc(C)c(CCC#N)c1Br. The Balaban J connectivity index is 3.04. The van der Waals surface area contributed by atoms with Crippen LogP contribution in [0, 0.1) is 25.2 Å². The van der Waals surface area contributed by atoms with Gasteiger partial charge in [0.25, 0.3) is 0 Å². The molecule has 1 aromatic rings. The van der Waals surface area contributed by atoms with E-state index in [1.807, 2.05) is 0 Å². The average Bonchev–Trinajstić information content (AvgIpc) is 2.12. The van der Waals surface area contributed by atoms with Gasteiger partial charge in [0.2, 0.25) is 0 Å². The van der Waals surface area contributed by atoms with Gasteiger partial charge in [-0.25, -0.2) is 0 Å². The van der Waals surface area contributed by atoms with Crippen molar-refractivity contribution in [3.05, 3.63) is 33.3 Å². The number of benzene rings is 1. The van der Waals surface area contributed by atoms with E-state index in [1.54, 1.807) is 0 Å². The Morgan fingerprint density at radius 2 is 1.92 bits per heavy atom. The van der Waals surface area contributed by atoms with E-state index in [-0.39, 0.29) is 0 Å². The Morgan fingerprint density at radius 3 is 2.54 bits per heavy atom. The van der Waals surface area contributed by atoms with Gasteiger partial charge in [0, 0.05) is 10.9 Å². The summed E-state index contributed by atoms with van der Waals surface area (Å²) in [5.41, 5.74) is 3.76. The second-order valence-electron chi connectivity index (χ2n) is 3.15. The molecule has 2 heteroatoms. The van der Waals surface area contributed by atoms with Crippen LogP contribution < -0.4 is 0 Å². The molecule has 0 fully saturated rings. The van der Waals surface area contributed by atoms with E-state index in [0.717, 1.165) is 10.9 Å². The van der Waals surface area contributed by atoms with Gasteiger partial charge in [0.15, 0.2) is 0 Å². The first-order valence-electron chi connectivity index (χ1n) is 4.28. The fourth-order valence-corrected chi connectivity index (χ4v) is 1.97. The van der Waals surface area contributed by atoms with Gasteiger partial charge >= 0.3 is 0 Å². The van der Waals surface area contributed by atoms with E-state index in [0.29, 0.717) is 6.42 Å². The minimum Gasteiger partial charge on any atom is -0.198 e. The normalized spacial score (nSPS) is 9.69. The molecule has 0 spiro atoms. The largest absolute Gasteiger partial charge is 0.198 e. The summed E-state index contributed by atoms with van der Waals surface area (Å²) in [5.74, 6) is 0. The molecule has 0 aliphatic carbocycles. The third kappa shape index (κ3) is 2.32. The van der Waals surface area contributed by atoms with Crippen molar-refractivity contribution in [1.82, 2.24) is 0 Å². The average molecular weight is 238 g/mol. The molecule has 0 atom stereocenters. The van der Waals surface area contributed by atoms with Gasteiger partial charge in [-0.2, -0.15) is 5.26 Å². The third-order valence-corrected chi connectivity index (χ3v) is 3.26. The van der Waals surface area contributed by atoms with Crippen molar-refractivity contribution in [3.63, 3.8) is 0 Å². The van der Waals surface area contributed by atoms with Crippen molar-refractivity contribution >= 4 is 15.9 Å². The number of hydrogen-bond donors (Lipinski definition) is 0. The van der Waals surface area contributed by atoms with Crippen LogP contribution in [0.5, 0.6) is 0 Å². The van der Waals surface area contributed by atoms with Crippen LogP contribution in [0.1, 0.15) is 23.1 Å². The predicted octanol–water partition coefficient (Wildman–Crippen LogP) is 3.52. The lowest BCUT2D eigenvalue weighted by molar-refractivity contribution is 0.984. The lowest BCUT2D eigenvalue weighted by Crippen LogP contribution is -1.92. The Labute approximate surface area is 87.5 Å². The molecule has 0 heterocycles. The zero-order chi connectivity index (χ0) is 9.84. The first kappa shape index (κ1) is 10.3. The summed E-state index contributed by atoms with van der Waals surface area (Å²) < 4.78 is 1.16. The molecule has 0 saturated heterocycles. The summed E-state index contributed by atoms with van der Waals surface area (Å²) in [6.07, 6.45) is 1.42. The highest BCUT2D eigenvalue weighted by Crippen LogP contribution is 2.25. The van der Waals surface area contributed by atoms with E-state index >= 15 is 0 Å². The van der Waals surface area contributed by atoms with Crippen LogP contribution >= 0.6 is 15.9 Å². The molecule has 0 aliphatic heterocycles. The Morgan fingerprint density at radius 1 is 1.31 bits per heavy atom. The maximum Gasteiger partial charge on any atom is 0.0625 e. The van der Waals surface area contributed by atoms with Gasteiger partial charge in [-0.1, -0.05) is 28.1 Å². The topological polar surface area (TPSA) is 23.8 Å². The van der Waals surface area contributed by atoms with Gasteiger partial charge in [-0.05, 0) is 37.0 Å². The van der Waals surface area contributed by atoms with E-state index in [1.165, 1.54) is 16.7 Å². The van der Waals surface area contributed by atoms with Crippen molar-refractivity contribution < 1.29 is 0 Å². The minimum atomic E-state index is 0.586. The van der Waals surface area contributed by atoms with Crippen LogP contribution in [0.2, 0.25) is 0 Å². The van der Waals surface area contributed by atoms with Gasteiger partial charge < -0.3 is 0 Å². The Hall–Kier alpha value is -0.810.